The Labute approximate surface area is 115 Å². The van der Waals surface area contributed by atoms with Crippen molar-refractivity contribution in [1.82, 2.24) is 14.5 Å². The minimum absolute atomic E-state index is 0.0322. The SMILES string of the molecule is Cc1cccc2nc(-c3csc(C(C)N)n3)n(C)c12. The first kappa shape index (κ1) is 12.3. The van der Waals surface area contributed by atoms with Gasteiger partial charge in [-0.15, -0.1) is 11.3 Å². The van der Waals surface area contributed by atoms with Gasteiger partial charge < -0.3 is 10.3 Å². The van der Waals surface area contributed by atoms with E-state index >= 15 is 0 Å². The van der Waals surface area contributed by atoms with Crippen molar-refractivity contribution in [1.29, 1.82) is 0 Å². The van der Waals surface area contributed by atoms with Crippen molar-refractivity contribution in [2.24, 2.45) is 12.8 Å². The van der Waals surface area contributed by atoms with Crippen LogP contribution in [0.3, 0.4) is 0 Å². The molecule has 1 unspecified atom stereocenters. The number of para-hydroxylation sites is 1. The van der Waals surface area contributed by atoms with Gasteiger partial charge in [-0.3, -0.25) is 0 Å². The van der Waals surface area contributed by atoms with Crippen LogP contribution in [0, 0.1) is 6.92 Å². The second-order valence-corrected chi connectivity index (χ2v) is 5.69. The highest BCUT2D eigenvalue weighted by Gasteiger charge is 2.15. The Morgan fingerprint density at radius 3 is 2.74 bits per heavy atom. The van der Waals surface area contributed by atoms with Gasteiger partial charge >= 0.3 is 0 Å². The van der Waals surface area contributed by atoms with Crippen molar-refractivity contribution in [3.63, 3.8) is 0 Å². The molecule has 0 aliphatic rings. The van der Waals surface area contributed by atoms with Gasteiger partial charge in [0.2, 0.25) is 0 Å². The minimum Gasteiger partial charge on any atom is -0.326 e. The maximum Gasteiger partial charge on any atom is 0.160 e. The molecule has 0 amide bonds. The molecule has 0 spiro atoms. The minimum atomic E-state index is -0.0322. The fourth-order valence-corrected chi connectivity index (χ4v) is 3.05. The number of imidazole rings is 1. The molecular formula is C14H16N4S. The molecule has 0 aliphatic carbocycles. The number of hydrogen-bond acceptors (Lipinski definition) is 4. The van der Waals surface area contributed by atoms with E-state index in [1.165, 1.54) is 5.56 Å². The van der Waals surface area contributed by atoms with Crippen LogP contribution < -0.4 is 5.73 Å². The summed E-state index contributed by atoms with van der Waals surface area (Å²) >= 11 is 1.59. The molecule has 2 N–H and O–H groups in total. The number of aryl methyl sites for hydroxylation is 2. The fraction of sp³-hybridized carbons (Fsp3) is 0.286. The van der Waals surface area contributed by atoms with Gasteiger partial charge in [0.1, 0.15) is 10.7 Å². The Bertz CT molecular complexity index is 739. The van der Waals surface area contributed by atoms with Crippen molar-refractivity contribution < 1.29 is 0 Å². The molecule has 0 saturated carbocycles. The number of aromatic nitrogens is 3. The molecule has 98 valence electrons. The molecule has 0 radical (unpaired) electrons. The molecule has 1 atom stereocenters. The predicted octanol–water partition coefficient (Wildman–Crippen LogP) is 3.02. The van der Waals surface area contributed by atoms with E-state index in [1.54, 1.807) is 11.3 Å². The molecule has 3 aromatic rings. The zero-order chi connectivity index (χ0) is 13.6. The Morgan fingerprint density at radius 1 is 1.32 bits per heavy atom. The van der Waals surface area contributed by atoms with Gasteiger partial charge in [-0.2, -0.15) is 0 Å². The van der Waals surface area contributed by atoms with Crippen LogP contribution in [0.2, 0.25) is 0 Å². The fourth-order valence-electron chi connectivity index (χ4n) is 2.29. The Balaban J connectivity index is 2.19. The highest BCUT2D eigenvalue weighted by atomic mass is 32.1. The maximum absolute atomic E-state index is 5.86. The number of nitrogens with zero attached hydrogens (tertiary/aromatic N) is 3. The summed E-state index contributed by atoms with van der Waals surface area (Å²) in [5.74, 6) is 0.896. The van der Waals surface area contributed by atoms with Crippen molar-refractivity contribution >= 4 is 22.4 Å². The molecule has 0 fully saturated rings. The van der Waals surface area contributed by atoms with Gasteiger partial charge in [0.05, 0.1) is 17.1 Å². The summed E-state index contributed by atoms with van der Waals surface area (Å²) in [6.45, 7) is 4.05. The van der Waals surface area contributed by atoms with E-state index in [4.69, 9.17) is 5.73 Å². The number of thiazole rings is 1. The van der Waals surface area contributed by atoms with Gasteiger partial charge in [0, 0.05) is 12.4 Å². The molecule has 0 saturated heterocycles. The Kier molecular flexibility index (Phi) is 2.88. The van der Waals surface area contributed by atoms with E-state index in [-0.39, 0.29) is 6.04 Å². The van der Waals surface area contributed by atoms with E-state index in [1.807, 2.05) is 31.5 Å². The summed E-state index contributed by atoms with van der Waals surface area (Å²) < 4.78 is 2.10. The normalized spacial score (nSPS) is 13.1. The smallest absolute Gasteiger partial charge is 0.160 e. The van der Waals surface area contributed by atoms with E-state index < -0.39 is 0 Å². The van der Waals surface area contributed by atoms with Crippen molar-refractivity contribution in [2.75, 3.05) is 0 Å². The topological polar surface area (TPSA) is 56.7 Å². The number of nitrogens with two attached hydrogens (primary N) is 1. The highest BCUT2D eigenvalue weighted by Crippen LogP contribution is 2.27. The zero-order valence-corrected chi connectivity index (χ0v) is 12.0. The van der Waals surface area contributed by atoms with Crippen LogP contribution in [-0.2, 0) is 7.05 Å². The number of benzene rings is 1. The quantitative estimate of drug-likeness (QED) is 0.780. The molecular weight excluding hydrogens is 256 g/mol. The van der Waals surface area contributed by atoms with Gasteiger partial charge in [-0.25, -0.2) is 9.97 Å². The molecule has 3 rings (SSSR count). The first-order valence-corrected chi connectivity index (χ1v) is 7.09. The van der Waals surface area contributed by atoms with Crippen LogP contribution >= 0.6 is 11.3 Å². The molecule has 2 aromatic heterocycles. The van der Waals surface area contributed by atoms with Crippen molar-refractivity contribution in [2.45, 2.75) is 19.9 Å². The third-order valence-corrected chi connectivity index (χ3v) is 4.28. The standard InChI is InChI=1S/C14H16N4S/c1-8-5-4-6-10-12(8)18(3)13(16-10)11-7-19-14(17-11)9(2)15/h4-7,9H,15H2,1-3H3. The Hall–Kier alpha value is -1.72. The number of fused-ring (bicyclic) bond motifs is 1. The molecule has 4 nitrogen and oxygen atoms in total. The predicted molar refractivity (Wildman–Crippen MR) is 79.2 cm³/mol. The summed E-state index contributed by atoms with van der Waals surface area (Å²) in [5.41, 5.74) is 10.2. The van der Waals surface area contributed by atoms with Crippen LogP contribution in [0.15, 0.2) is 23.6 Å². The first-order valence-electron chi connectivity index (χ1n) is 6.21. The lowest BCUT2D eigenvalue weighted by Gasteiger charge is -2.01. The van der Waals surface area contributed by atoms with Crippen LogP contribution in [0.5, 0.6) is 0 Å². The first-order chi connectivity index (χ1) is 9.08. The van der Waals surface area contributed by atoms with Crippen molar-refractivity contribution in [3.8, 4) is 11.5 Å². The van der Waals surface area contributed by atoms with Crippen LogP contribution in [0.25, 0.3) is 22.6 Å². The monoisotopic (exact) mass is 272 g/mol. The van der Waals surface area contributed by atoms with E-state index in [9.17, 15) is 0 Å². The lowest BCUT2D eigenvalue weighted by atomic mass is 10.2. The molecule has 2 heterocycles. The molecule has 5 heteroatoms. The third-order valence-electron chi connectivity index (χ3n) is 3.24. The Morgan fingerprint density at radius 2 is 2.11 bits per heavy atom. The molecule has 19 heavy (non-hydrogen) atoms. The summed E-state index contributed by atoms with van der Waals surface area (Å²) in [6, 6.07) is 6.13. The second kappa shape index (κ2) is 4.43. The second-order valence-electron chi connectivity index (χ2n) is 4.80. The van der Waals surface area contributed by atoms with E-state index in [2.05, 4.69) is 27.5 Å². The lowest BCUT2D eigenvalue weighted by Crippen LogP contribution is -2.04. The zero-order valence-electron chi connectivity index (χ0n) is 11.2. The van der Waals surface area contributed by atoms with E-state index in [0.29, 0.717) is 0 Å². The van der Waals surface area contributed by atoms with Crippen LogP contribution in [0.1, 0.15) is 23.5 Å². The van der Waals surface area contributed by atoms with Crippen molar-refractivity contribution in [3.05, 3.63) is 34.2 Å². The highest BCUT2D eigenvalue weighted by molar-refractivity contribution is 7.10. The van der Waals surface area contributed by atoms with Gasteiger partial charge in [0.25, 0.3) is 0 Å². The van der Waals surface area contributed by atoms with Gasteiger partial charge in [0.15, 0.2) is 5.82 Å². The van der Waals surface area contributed by atoms with Crippen LogP contribution in [-0.4, -0.2) is 14.5 Å². The summed E-state index contributed by atoms with van der Waals surface area (Å²) in [6.07, 6.45) is 0. The summed E-state index contributed by atoms with van der Waals surface area (Å²) in [4.78, 5) is 9.26. The van der Waals surface area contributed by atoms with Gasteiger partial charge in [-0.1, -0.05) is 12.1 Å². The number of rotatable bonds is 2. The average molecular weight is 272 g/mol. The van der Waals surface area contributed by atoms with Gasteiger partial charge in [-0.05, 0) is 25.5 Å². The molecule has 0 aliphatic heterocycles. The summed E-state index contributed by atoms with van der Waals surface area (Å²) in [5, 5.41) is 2.97. The van der Waals surface area contributed by atoms with Crippen LogP contribution in [0.4, 0.5) is 0 Å². The largest absolute Gasteiger partial charge is 0.326 e. The molecule has 0 bridgehead atoms. The average Bonchev–Trinajstić information content (AvgIpc) is 2.95. The van der Waals surface area contributed by atoms with E-state index in [0.717, 1.165) is 27.6 Å². The summed E-state index contributed by atoms with van der Waals surface area (Å²) in [7, 11) is 2.03. The maximum atomic E-state index is 5.86. The third kappa shape index (κ3) is 1.95. The lowest BCUT2D eigenvalue weighted by molar-refractivity contribution is 0.806. The number of hydrogen-bond donors (Lipinski definition) is 1. The molecule has 1 aromatic carbocycles.